The highest BCUT2D eigenvalue weighted by molar-refractivity contribution is 5.79. The van der Waals surface area contributed by atoms with Crippen molar-refractivity contribution in [1.29, 1.82) is 0 Å². The summed E-state index contributed by atoms with van der Waals surface area (Å²) in [5.41, 5.74) is 1.50. The molecule has 0 saturated heterocycles. The Hall–Kier alpha value is -1.03. The first-order valence-corrected chi connectivity index (χ1v) is 8.14. The molecule has 116 valence electrons. The smallest absolute Gasteiger partial charge is 0.191 e. The van der Waals surface area contributed by atoms with Crippen LogP contribution in [0.15, 0.2) is 16.6 Å². The summed E-state index contributed by atoms with van der Waals surface area (Å²) >= 11 is 0. The highest BCUT2D eigenvalue weighted by atomic mass is 16.5. The van der Waals surface area contributed by atoms with E-state index in [4.69, 9.17) is 4.74 Å². The molecular weight excluding hydrogens is 250 g/mol. The number of nitrogens with zero attached hydrogens (tertiary/aromatic N) is 1. The van der Waals surface area contributed by atoms with Gasteiger partial charge in [0.2, 0.25) is 0 Å². The largest absolute Gasteiger partial charge is 0.377 e. The van der Waals surface area contributed by atoms with Gasteiger partial charge in [-0.25, -0.2) is 0 Å². The average molecular weight is 281 g/mol. The van der Waals surface area contributed by atoms with Crippen molar-refractivity contribution in [1.82, 2.24) is 10.6 Å². The lowest BCUT2D eigenvalue weighted by atomic mass is 10.1. The van der Waals surface area contributed by atoms with Gasteiger partial charge in [0.1, 0.15) is 0 Å². The van der Waals surface area contributed by atoms with E-state index in [1.807, 2.05) is 0 Å². The minimum atomic E-state index is 0.779. The number of nitrogens with one attached hydrogen (secondary N) is 2. The molecule has 0 radical (unpaired) electrons. The van der Waals surface area contributed by atoms with Crippen molar-refractivity contribution >= 4 is 5.96 Å². The molecule has 0 unspecified atom stereocenters. The lowest BCUT2D eigenvalue weighted by Gasteiger charge is -2.15. The number of guanidine groups is 1. The van der Waals surface area contributed by atoms with Gasteiger partial charge in [0.05, 0.1) is 13.2 Å². The third kappa shape index (κ3) is 8.20. The first kappa shape index (κ1) is 17.0. The lowest BCUT2D eigenvalue weighted by molar-refractivity contribution is 0.153. The summed E-state index contributed by atoms with van der Waals surface area (Å²) in [6, 6.07) is 0. The summed E-state index contributed by atoms with van der Waals surface area (Å²) in [5, 5.41) is 6.72. The molecule has 20 heavy (non-hydrogen) atoms. The fourth-order valence-corrected chi connectivity index (χ4v) is 2.21. The van der Waals surface area contributed by atoms with Gasteiger partial charge in [0.25, 0.3) is 0 Å². The van der Waals surface area contributed by atoms with Crippen LogP contribution in [-0.4, -0.2) is 38.8 Å². The number of hydrogen-bond acceptors (Lipinski definition) is 2. The Morgan fingerprint density at radius 2 is 2.15 bits per heavy atom. The minimum Gasteiger partial charge on any atom is -0.377 e. The molecule has 0 atom stereocenters. The second kappa shape index (κ2) is 11.8. The Labute approximate surface area is 124 Å². The summed E-state index contributed by atoms with van der Waals surface area (Å²) < 4.78 is 5.32. The van der Waals surface area contributed by atoms with Gasteiger partial charge in [0.15, 0.2) is 5.96 Å². The molecule has 1 aliphatic heterocycles. The Bertz CT molecular complexity index is 300. The van der Waals surface area contributed by atoms with Crippen LogP contribution >= 0.6 is 0 Å². The molecule has 0 aromatic heterocycles. The second-order valence-electron chi connectivity index (χ2n) is 5.19. The molecule has 0 fully saturated rings. The zero-order valence-electron chi connectivity index (χ0n) is 13.2. The van der Waals surface area contributed by atoms with Crippen molar-refractivity contribution in [3.63, 3.8) is 0 Å². The molecule has 0 aromatic rings. The summed E-state index contributed by atoms with van der Waals surface area (Å²) in [7, 11) is 0. The SMILES string of the molecule is CCCCCCN=C(NCC)NCCC1=CCOCC1. The molecule has 4 heteroatoms. The van der Waals surface area contributed by atoms with Crippen molar-refractivity contribution < 1.29 is 4.74 Å². The molecule has 0 spiro atoms. The van der Waals surface area contributed by atoms with Gasteiger partial charge in [-0.05, 0) is 26.2 Å². The maximum atomic E-state index is 5.32. The first-order valence-electron chi connectivity index (χ1n) is 8.14. The summed E-state index contributed by atoms with van der Waals surface area (Å²) in [6.07, 6.45) is 9.44. The topological polar surface area (TPSA) is 45.7 Å². The van der Waals surface area contributed by atoms with E-state index in [1.54, 1.807) is 0 Å². The highest BCUT2D eigenvalue weighted by Gasteiger charge is 2.03. The second-order valence-corrected chi connectivity index (χ2v) is 5.19. The summed E-state index contributed by atoms with van der Waals surface area (Å²) in [4.78, 5) is 4.62. The molecule has 1 rings (SSSR count). The zero-order valence-corrected chi connectivity index (χ0v) is 13.2. The molecule has 0 amide bonds. The normalized spacial score (nSPS) is 15.9. The number of aliphatic imine (C=N–C) groups is 1. The van der Waals surface area contributed by atoms with Crippen LogP contribution in [0.2, 0.25) is 0 Å². The molecule has 1 aliphatic rings. The van der Waals surface area contributed by atoms with Gasteiger partial charge < -0.3 is 15.4 Å². The van der Waals surface area contributed by atoms with E-state index in [1.165, 1.54) is 31.3 Å². The van der Waals surface area contributed by atoms with E-state index < -0.39 is 0 Å². The Kier molecular flexibility index (Phi) is 10.0. The van der Waals surface area contributed by atoms with E-state index in [0.717, 1.165) is 51.6 Å². The van der Waals surface area contributed by atoms with Gasteiger partial charge in [-0.15, -0.1) is 0 Å². The number of unbranched alkanes of at least 4 members (excludes halogenated alkanes) is 3. The van der Waals surface area contributed by atoms with E-state index in [-0.39, 0.29) is 0 Å². The quantitative estimate of drug-likeness (QED) is 0.296. The molecular formula is C16H31N3O. The third-order valence-corrected chi connectivity index (χ3v) is 3.42. The predicted molar refractivity (Wildman–Crippen MR) is 86.3 cm³/mol. The minimum absolute atomic E-state index is 0.779. The lowest BCUT2D eigenvalue weighted by Crippen LogP contribution is -2.38. The molecule has 0 aliphatic carbocycles. The van der Waals surface area contributed by atoms with Gasteiger partial charge in [-0.3, -0.25) is 4.99 Å². The fourth-order valence-electron chi connectivity index (χ4n) is 2.21. The van der Waals surface area contributed by atoms with Crippen LogP contribution in [0.3, 0.4) is 0 Å². The van der Waals surface area contributed by atoms with Crippen LogP contribution in [0.1, 0.15) is 52.4 Å². The number of rotatable bonds is 9. The molecule has 4 nitrogen and oxygen atoms in total. The Morgan fingerprint density at radius 1 is 1.25 bits per heavy atom. The monoisotopic (exact) mass is 281 g/mol. The number of hydrogen-bond donors (Lipinski definition) is 2. The summed E-state index contributed by atoms with van der Waals surface area (Å²) in [6.45, 7) is 8.78. The van der Waals surface area contributed by atoms with Crippen LogP contribution < -0.4 is 10.6 Å². The van der Waals surface area contributed by atoms with Gasteiger partial charge in [-0.2, -0.15) is 0 Å². The predicted octanol–water partition coefficient (Wildman–Crippen LogP) is 2.86. The maximum Gasteiger partial charge on any atom is 0.191 e. The molecule has 1 heterocycles. The van der Waals surface area contributed by atoms with Crippen LogP contribution in [0, 0.1) is 0 Å². The first-order chi connectivity index (χ1) is 9.86. The molecule has 0 saturated carbocycles. The molecule has 0 bridgehead atoms. The van der Waals surface area contributed by atoms with E-state index in [9.17, 15) is 0 Å². The van der Waals surface area contributed by atoms with Crippen molar-refractivity contribution in [3.05, 3.63) is 11.6 Å². The highest BCUT2D eigenvalue weighted by Crippen LogP contribution is 2.10. The van der Waals surface area contributed by atoms with Crippen LogP contribution in [0.5, 0.6) is 0 Å². The average Bonchev–Trinajstić information content (AvgIpc) is 2.48. The van der Waals surface area contributed by atoms with Crippen molar-refractivity contribution in [3.8, 4) is 0 Å². The van der Waals surface area contributed by atoms with Crippen molar-refractivity contribution in [2.45, 2.75) is 52.4 Å². The van der Waals surface area contributed by atoms with E-state index in [0.29, 0.717) is 0 Å². The van der Waals surface area contributed by atoms with Crippen LogP contribution in [0.25, 0.3) is 0 Å². The van der Waals surface area contributed by atoms with Gasteiger partial charge in [0, 0.05) is 19.6 Å². The van der Waals surface area contributed by atoms with Crippen molar-refractivity contribution in [2.24, 2.45) is 4.99 Å². The van der Waals surface area contributed by atoms with Gasteiger partial charge in [-0.1, -0.05) is 37.8 Å². The van der Waals surface area contributed by atoms with Crippen molar-refractivity contribution in [2.75, 3.05) is 32.8 Å². The van der Waals surface area contributed by atoms with Crippen LogP contribution in [-0.2, 0) is 4.74 Å². The van der Waals surface area contributed by atoms with Crippen LogP contribution in [0.4, 0.5) is 0 Å². The van der Waals surface area contributed by atoms with E-state index in [2.05, 4.69) is 35.5 Å². The van der Waals surface area contributed by atoms with Gasteiger partial charge >= 0.3 is 0 Å². The Morgan fingerprint density at radius 3 is 2.85 bits per heavy atom. The standard InChI is InChI=1S/C16H31N3O/c1-3-5-6-7-11-18-16(17-4-2)19-12-8-15-9-13-20-14-10-15/h9H,3-8,10-14H2,1-2H3,(H2,17,18,19). The molecule has 0 aromatic carbocycles. The van der Waals surface area contributed by atoms with E-state index >= 15 is 0 Å². The Balaban J connectivity index is 2.19. The fraction of sp³-hybridized carbons (Fsp3) is 0.812. The summed E-state index contributed by atoms with van der Waals surface area (Å²) in [5.74, 6) is 0.955. The zero-order chi connectivity index (χ0) is 14.5. The third-order valence-electron chi connectivity index (χ3n) is 3.42. The number of ether oxygens (including phenoxy) is 1. The molecule has 2 N–H and O–H groups in total. The maximum absolute atomic E-state index is 5.32.